The Morgan fingerprint density at radius 3 is 2.39 bits per heavy atom. The summed E-state index contributed by atoms with van der Waals surface area (Å²) < 4.78 is 33.1. The van der Waals surface area contributed by atoms with Gasteiger partial charge in [0, 0.05) is 50.7 Å². The summed E-state index contributed by atoms with van der Waals surface area (Å²) in [7, 11) is -2.00. The van der Waals surface area contributed by atoms with Gasteiger partial charge in [-0.25, -0.2) is 18.4 Å². The average molecular weight is 440 g/mol. The lowest BCUT2D eigenvalue weighted by molar-refractivity contribution is 0.181. The van der Waals surface area contributed by atoms with Crippen LogP contribution >= 0.6 is 0 Å². The van der Waals surface area contributed by atoms with Crippen molar-refractivity contribution in [1.82, 2.24) is 24.2 Å². The summed E-state index contributed by atoms with van der Waals surface area (Å²) in [6, 6.07) is 11.6. The molecule has 8 nitrogen and oxygen atoms in total. The minimum Gasteiger partial charge on any atom is -0.497 e. The van der Waals surface area contributed by atoms with Crippen LogP contribution in [0, 0.1) is 6.92 Å². The Hall–Kier alpha value is -2.88. The zero-order valence-electron chi connectivity index (χ0n) is 17.6. The number of nitrogens with zero attached hydrogens (tertiary/aromatic N) is 5. The first-order chi connectivity index (χ1) is 15.0. The van der Waals surface area contributed by atoms with Gasteiger partial charge in [-0.1, -0.05) is 12.1 Å². The summed E-state index contributed by atoms with van der Waals surface area (Å²) in [6.07, 6.45) is 4.73. The number of hydrogen-bond acceptors (Lipinski definition) is 7. The van der Waals surface area contributed by atoms with Crippen LogP contribution in [0.1, 0.15) is 11.3 Å². The Balaban J connectivity index is 1.43. The van der Waals surface area contributed by atoms with Gasteiger partial charge in [0.05, 0.1) is 19.0 Å². The number of benzene rings is 1. The molecule has 3 heterocycles. The fraction of sp³-hybridized carbons (Fsp3) is 0.318. The molecule has 1 fully saturated rings. The molecule has 1 saturated heterocycles. The quantitative estimate of drug-likeness (QED) is 0.583. The second-order valence-corrected chi connectivity index (χ2v) is 9.32. The zero-order valence-corrected chi connectivity index (χ0v) is 18.4. The van der Waals surface area contributed by atoms with Crippen LogP contribution in [-0.2, 0) is 16.6 Å². The van der Waals surface area contributed by atoms with Crippen LogP contribution in [-0.4, -0.2) is 65.9 Å². The molecule has 162 valence electrons. The molecule has 4 rings (SSSR count). The first-order valence-electron chi connectivity index (χ1n) is 10.1. The van der Waals surface area contributed by atoms with Crippen LogP contribution < -0.4 is 4.74 Å². The highest BCUT2D eigenvalue weighted by Gasteiger charge is 2.30. The highest BCUT2D eigenvalue weighted by atomic mass is 32.2. The molecule has 0 aliphatic carbocycles. The molecule has 3 aromatic rings. The molecule has 9 heteroatoms. The van der Waals surface area contributed by atoms with Crippen LogP contribution in [0.4, 0.5) is 0 Å². The number of rotatable bonds is 6. The second kappa shape index (κ2) is 9.09. The summed E-state index contributed by atoms with van der Waals surface area (Å²) in [5.74, 6) is 1.29. The van der Waals surface area contributed by atoms with Crippen molar-refractivity contribution in [3.63, 3.8) is 0 Å². The molecule has 0 bridgehead atoms. The first-order valence-corrected chi connectivity index (χ1v) is 11.5. The predicted molar refractivity (Wildman–Crippen MR) is 117 cm³/mol. The SMILES string of the molecule is COc1ccc(CN2CCN(S(=O)(=O)c3cnc(-c4cccnc4)nc3C)CC2)cc1. The molecule has 0 unspecified atom stereocenters. The van der Waals surface area contributed by atoms with Crippen LogP contribution in [0.2, 0.25) is 0 Å². The lowest BCUT2D eigenvalue weighted by Crippen LogP contribution is -2.48. The molecule has 1 aliphatic rings. The highest BCUT2D eigenvalue weighted by Crippen LogP contribution is 2.23. The van der Waals surface area contributed by atoms with E-state index in [-0.39, 0.29) is 4.90 Å². The molecular weight excluding hydrogens is 414 g/mol. The third-order valence-corrected chi connectivity index (χ3v) is 7.37. The van der Waals surface area contributed by atoms with E-state index >= 15 is 0 Å². The molecular formula is C22H25N5O3S. The highest BCUT2D eigenvalue weighted by molar-refractivity contribution is 7.89. The molecule has 0 atom stereocenters. The third kappa shape index (κ3) is 4.73. The summed E-state index contributed by atoms with van der Waals surface area (Å²) in [4.78, 5) is 15.2. The minimum atomic E-state index is -3.65. The van der Waals surface area contributed by atoms with Crippen molar-refractivity contribution in [1.29, 1.82) is 0 Å². The predicted octanol–water partition coefficient (Wildman–Crippen LogP) is 2.36. The monoisotopic (exact) mass is 439 g/mol. The fourth-order valence-electron chi connectivity index (χ4n) is 3.60. The maximum absolute atomic E-state index is 13.2. The molecule has 2 aromatic heterocycles. The maximum Gasteiger partial charge on any atom is 0.246 e. The van der Waals surface area contributed by atoms with Crippen LogP contribution in [0.5, 0.6) is 5.75 Å². The van der Waals surface area contributed by atoms with Crippen LogP contribution in [0.15, 0.2) is 59.9 Å². The van der Waals surface area contributed by atoms with Crippen molar-refractivity contribution >= 4 is 10.0 Å². The van der Waals surface area contributed by atoms with Crippen LogP contribution in [0.25, 0.3) is 11.4 Å². The van der Waals surface area contributed by atoms with Crippen molar-refractivity contribution < 1.29 is 13.2 Å². The largest absolute Gasteiger partial charge is 0.497 e. The smallest absolute Gasteiger partial charge is 0.246 e. The van der Waals surface area contributed by atoms with E-state index in [1.54, 1.807) is 32.5 Å². The van der Waals surface area contributed by atoms with Gasteiger partial charge in [-0.15, -0.1) is 0 Å². The molecule has 0 spiro atoms. The van der Waals surface area contributed by atoms with Crippen molar-refractivity contribution in [2.24, 2.45) is 0 Å². The van der Waals surface area contributed by atoms with E-state index in [2.05, 4.69) is 19.9 Å². The van der Waals surface area contributed by atoms with Gasteiger partial charge in [0.25, 0.3) is 0 Å². The first kappa shape index (κ1) is 21.4. The van der Waals surface area contributed by atoms with Gasteiger partial charge in [0.1, 0.15) is 10.6 Å². The number of sulfonamides is 1. The molecule has 1 aliphatic heterocycles. The Kier molecular flexibility index (Phi) is 6.26. The van der Waals surface area contributed by atoms with E-state index in [4.69, 9.17) is 4.74 Å². The van der Waals surface area contributed by atoms with Crippen molar-refractivity contribution in [3.8, 4) is 17.1 Å². The Labute approximate surface area is 182 Å². The average Bonchev–Trinajstić information content (AvgIpc) is 2.80. The Bertz CT molecular complexity index is 1130. The van der Waals surface area contributed by atoms with Crippen LogP contribution in [0.3, 0.4) is 0 Å². The third-order valence-electron chi connectivity index (χ3n) is 5.37. The summed E-state index contributed by atoms with van der Waals surface area (Å²) in [5, 5.41) is 0. The van der Waals surface area contributed by atoms with Gasteiger partial charge in [-0.05, 0) is 36.8 Å². The van der Waals surface area contributed by atoms with Gasteiger partial charge in [-0.2, -0.15) is 4.31 Å². The number of ether oxygens (including phenoxy) is 1. The molecule has 1 aromatic carbocycles. The molecule has 0 N–H and O–H groups in total. The van der Waals surface area contributed by atoms with Crippen molar-refractivity contribution in [2.75, 3.05) is 33.3 Å². The lowest BCUT2D eigenvalue weighted by atomic mass is 10.2. The summed E-state index contributed by atoms with van der Waals surface area (Å²) >= 11 is 0. The van der Waals surface area contributed by atoms with Gasteiger partial charge >= 0.3 is 0 Å². The number of hydrogen-bond donors (Lipinski definition) is 0. The Morgan fingerprint density at radius 2 is 1.77 bits per heavy atom. The number of aromatic nitrogens is 3. The number of methoxy groups -OCH3 is 1. The van der Waals surface area contributed by atoms with Crippen molar-refractivity contribution in [3.05, 3.63) is 66.2 Å². The van der Waals surface area contributed by atoms with E-state index < -0.39 is 10.0 Å². The molecule has 0 saturated carbocycles. The summed E-state index contributed by atoms with van der Waals surface area (Å²) in [6.45, 7) is 4.68. The van der Waals surface area contributed by atoms with E-state index in [1.807, 2.05) is 30.3 Å². The van der Waals surface area contributed by atoms with Gasteiger partial charge in [-0.3, -0.25) is 9.88 Å². The van der Waals surface area contributed by atoms with E-state index in [0.29, 0.717) is 37.7 Å². The normalized spacial score (nSPS) is 15.7. The van der Waals surface area contributed by atoms with E-state index in [1.165, 1.54) is 16.1 Å². The molecule has 31 heavy (non-hydrogen) atoms. The maximum atomic E-state index is 13.2. The fourth-order valence-corrected chi connectivity index (χ4v) is 5.13. The van der Waals surface area contributed by atoms with Gasteiger partial charge in [0.15, 0.2) is 5.82 Å². The molecule has 0 radical (unpaired) electrons. The van der Waals surface area contributed by atoms with E-state index in [0.717, 1.165) is 17.9 Å². The number of aryl methyl sites for hydroxylation is 1. The summed E-state index contributed by atoms with van der Waals surface area (Å²) in [5.41, 5.74) is 2.36. The Morgan fingerprint density at radius 1 is 1.03 bits per heavy atom. The standard InChI is InChI=1S/C22H25N5O3S/c1-17-21(15-24-22(25-17)19-4-3-9-23-14-19)31(28,29)27-12-10-26(11-13-27)16-18-5-7-20(30-2)8-6-18/h3-9,14-15H,10-13,16H2,1-2H3. The molecule has 0 amide bonds. The topological polar surface area (TPSA) is 88.5 Å². The minimum absolute atomic E-state index is 0.156. The van der Waals surface area contributed by atoms with E-state index in [9.17, 15) is 8.42 Å². The second-order valence-electron chi connectivity index (χ2n) is 7.41. The zero-order chi connectivity index (χ0) is 21.8. The number of piperazine rings is 1. The number of pyridine rings is 1. The van der Waals surface area contributed by atoms with Gasteiger partial charge in [0.2, 0.25) is 10.0 Å². The van der Waals surface area contributed by atoms with Crippen molar-refractivity contribution in [2.45, 2.75) is 18.4 Å². The van der Waals surface area contributed by atoms with Gasteiger partial charge < -0.3 is 4.74 Å². The lowest BCUT2D eigenvalue weighted by Gasteiger charge is -2.34.